The minimum Gasteiger partial charge on any atom is -0.0630 e. The lowest BCUT2D eigenvalue weighted by atomic mass is 10.0. The van der Waals surface area contributed by atoms with E-state index in [0.29, 0.717) is 5.41 Å². The SMILES string of the molecule is CC(C)(C)C.CC(C)C.c1ccc2c(c1)ccc1ccccc12.c1ccc2cc3ccccc3cc2c1. The van der Waals surface area contributed by atoms with E-state index < -0.39 is 0 Å². The van der Waals surface area contributed by atoms with E-state index in [1.165, 1.54) is 43.1 Å². The van der Waals surface area contributed by atoms with Gasteiger partial charge in [-0.1, -0.05) is 158 Å². The van der Waals surface area contributed by atoms with Crippen LogP contribution in [-0.4, -0.2) is 0 Å². The lowest BCUT2D eigenvalue weighted by molar-refractivity contribution is 0.469. The molecular weight excluding hydrogens is 444 g/mol. The Morgan fingerprint density at radius 1 is 0.378 bits per heavy atom. The van der Waals surface area contributed by atoms with Crippen molar-refractivity contribution in [2.75, 3.05) is 0 Å². The van der Waals surface area contributed by atoms with Crippen molar-refractivity contribution >= 4 is 43.1 Å². The minimum atomic E-state index is 0.500. The highest BCUT2D eigenvalue weighted by Gasteiger charge is 1.98. The summed E-state index contributed by atoms with van der Waals surface area (Å²) in [5.41, 5.74) is 0.500. The average molecular weight is 487 g/mol. The van der Waals surface area contributed by atoms with Gasteiger partial charge in [0.2, 0.25) is 0 Å². The molecule has 0 atom stereocenters. The van der Waals surface area contributed by atoms with E-state index in [9.17, 15) is 0 Å². The molecule has 0 bridgehead atoms. The lowest BCUT2D eigenvalue weighted by Crippen LogP contribution is -1.93. The van der Waals surface area contributed by atoms with E-state index in [4.69, 9.17) is 0 Å². The monoisotopic (exact) mass is 486 g/mol. The summed E-state index contributed by atoms with van der Waals surface area (Å²) in [6, 6.07) is 42.8. The molecule has 0 saturated heterocycles. The summed E-state index contributed by atoms with van der Waals surface area (Å²) in [4.78, 5) is 0. The van der Waals surface area contributed by atoms with Crippen molar-refractivity contribution in [2.24, 2.45) is 11.3 Å². The van der Waals surface area contributed by atoms with Gasteiger partial charge >= 0.3 is 0 Å². The smallest absolute Gasteiger partial charge is 0.0105 e. The molecule has 0 unspecified atom stereocenters. The number of hydrogen-bond donors (Lipinski definition) is 0. The van der Waals surface area contributed by atoms with Gasteiger partial charge in [-0.2, -0.15) is 0 Å². The Hall–Kier alpha value is -3.64. The van der Waals surface area contributed by atoms with E-state index in [2.05, 4.69) is 170 Å². The van der Waals surface area contributed by atoms with Crippen molar-refractivity contribution in [3.8, 4) is 0 Å². The van der Waals surface area contributed by atoms with Crippen LogP contribution in [0.25, 0.3) is 43.1 Å². The molecule has 0 nitrogen and oxygen atoms in total. The van der Waals surface area contributed by atoms with Gasteiger partial charge in [0.25, 0.3) is 0 Å². The fourth-order valence-electron chi connectivity index (χ4n) is 3.84. The standard InChI is InChI=1S/2C14H10.C5H12.C4H10/c1-3-7-13-11(5-1)9-10-12-6-2-4-8-14(12)13;1-2-6-12-10-14-8-4-3-7-13(14)9-11(12)5-1;1-5(2,3)4;1-4(2)3/h2*1-10H;1-4H3;4H,1-3H3. The summed E-state index contributed by atoms with van der Waals surface area (Å²) in [5.74, 6) is 0.833. The molecule has 0 amide bonds. The van der Waals surface area contributed by atoms with E-state index in [0.717, 1.165) is 5.92 Å². The molecule has 0 aromatic heterocycles. The molecule has 6 aromatic carbocycles. The third-order valence-corrected chi connectivity index (χ3v) is 5.27. The molecule has 0 saturated carbocycles. The van der Waals surface area contributed by atoms with Crippen molar-refractivity contribution < 1.29 is 0 Å². The molecular formula is C37H42. The van der Waals surface area contributed by atoms with Crippen LogP contribution >= 0.6 is 0 Å². The Labute approximate surface area is 224 Å². The summed E-state index contributed by atoms with van der Waals surface area (Å²) in [6.07, 6.45) is 0. The average Bonchev–Trinajstić information content (AvgIpc) is 2.86. The summed E-state index contributed by atoms with van der Waals surface area (Å²) in [6.45, 7) is 15.2. The molecule has 0 aliphatic heterocycles. The predicted octanol–water partition coefficient (Wildman–Crippen LogP) is 11.7. The quantitative estimate of drug-likeness (QED) is 0.148. The zero-order valence-corrected chi connectivity index (χ0v) is 23.6. The second-order valence-electron chi connectivity index (χ2n) is 11.8. The highest BCUT2D eigenvalue weighted by Crippen LogP contribution is 2.24. The lowest BCUT2D eigenvalue weighted by Gasteiger charge is -2.05. The van der Waals surface area contributed by atoms with Gasteiger partial charge in [-0.3, -0.25) is 0 Å². The summed E-state index contributed by atoms with van der Waals surface area (Å²) < 4.78 is 0. The van der Waals surface area contributed by atoms with Gasteiger partial charge < -0.3 is 0 Å². The molecule has 0 heteroatoms. The van der Waals surface area contributed by atoms with Gasteiger partial charge in [0.15, 0.2) is 0 Å². The highest BCUT2D eigenvalue weighted by atomic mass is 14.0. The fraction of sp³-hybridized carbons (Fsp3) is 0.243. The Balaban J connectivity index is 0.000000157. The van der Waals surface area contributed by atoms with Crippen LogP contribution in [0.4, 0.5) is 0 Å². The Kier molecular flexibility index (Phi) is 9.86. The maximum absolute atomic E-state index is 2.24. The number of hydrogen-bond acceptors (Lipinski definition) is 0. The molecule has 0 aliphatic carbocycles. The van der Waals surface area contributed by atoms with Gasteiger partial charge in [0.05, 0.1) is 0 Å². The first-order chi connectivity index (χ1) is 17.6. The Morgan fingerprint density at radius 3 is 0.865 bits per heavy atom. The highest BCUT2D eigenvalue weighted by molar-refractivity contribution is 6.07. The molecule has 0 N–H and O–H groups in total. The van der Waals surface area contributed by atoms with Crippen molar-refractivity contribution in [2.45, 2.75) is 48.5 Å². The van der Waals surface area contributed by atoms with Crippen molar-refractivity contribution in [1.82, 2.24) is 0 Å². The number of benzene rings is 6. The zero-order chi connectivity index (χ0) is 26.8. The molecule has 0 fully saturated rings. The van der Waals surface area contributed by atoms with Gasteiger partial charge in [-0.15, -0.1) is 0 Å². The summed E-state index contributed by atoms with van der Waals surface area (Å²) in [5, 5.41) is 10.5. The molecule has 0 heterocycles. The summed E-state index contributed by atoms with van der Waals surface area (Å²) >= 11 is 0. The van der Waals surface area contributed by atoms with Gasteiger partial charge in [-0.05, 0) is 66.6 Å². The summed E-state index contributed by atoms with van der Waals surface area (Å²) in [7, 11) is 0. The van der Waals surface area contributed by atoms with Gasteiger partial charge in [0, 0.05) is 0 Å². The van der Waals surface area contributed by atoms with Crippen LogP contribution in [0.15, 0.2) is 121 Å². The number of fused-ring (bicyclic) bond motifs is 5. The molecule has 37 heavy (non-hydrogen) atoms. The first-order valence-electron chi connectivity index (χ1n) is 13.4. The molecule has 6 aromatic rings. The normalized spacial score (nSPS) is 10.8. The molecule has 190 valence electrons. The molecule has 6 rings (SSSR count). The molecule has 0 spiro atoms. The van der Waals surface area contributed by atoms with Crippen LogP contribution in [0.2, 0.25) is 0 Å². The van der Waals surface area contributed by atoms with Crippen LogP contribution in [0, 0.1) is 11.3 Å². The first kappa shape index (κ1) is 27.9. The van der Waals surface area contributed by atoms with Crippen molar-refractivity contribution in [1.29, 1.82) is 0 Å². The second kappa shape index (κ2) is 13.1. The van der Waals surface area contributed by atoms with Crippen LogP contribution in [0.1, 0.15) is 48.5 Å². The van der Waals surface area contributed by atoms with Crippen LogP contribution < -0.4 is 0 Å². The topological polar surface area (TPSA) is 0 Å². The van der Waals surface area contributed by atoms with E-state index in [1.807, 2.05) is 0 Å². The van der Waals surface area contributed by atoms with Crippen molar-refractivity contribution in [3.05, 3.63) is 121 Å². The Morgan fingerprint density at radius 2 is 0.595 bits per heavy atom. The molecule has 0 aliphatic rings. The van der Waals surface area contributed by atoms with E-state index in [1.54, 1.807) is 0 Å². The largest absolute Gasteiger partial charge is 0.0630 e. The zero-order valence-electron chi connectivity index (χ0n) is 23.6. The van der Waals surface area contributed by atoms with Gasteiger partial charge in [-0.25, -0.2) is 0 Å². The Bertz CT molecular complexity index is 1360. The van der Waals surface area contributed by atoms with Crippen LogP contribution in [0.5, 0.6) is 0 Å². The predicted molar refractivity (Wildman–Crippen MR) is 169 cm³/mol. The maximum atomic E-state index is 2.24. The molecule has 0 radical (unpaired) electrons. The van der Waals surface area contributed by atoms with E-state index >= 15 is 0 Å². The van der Waals surface area contributed by atoms with Crippen molar-refractivity contribution in [3.63, 3.8) is 0 Å². The number of rotatable bonds is 0. The minimum absolute atomic E-state index is 0.500. The maximum Gasteiger partial charge on any atom is -0.0105 e. The van der Waals surface area contributed by atoms with Gasteiger partial charge in [0.1, 0.15) is 0 Å². The van der Waals surface area contributed by atoms with E-state index in [-0.39, 0.29) is 0 Å². The third kappa shape index (κ3) is 9.07. The van der Waals surface area contributed by atoms with Crippen LogP contribution in [0.3, 0.4) is 0 Å². The van der Waals surface area contributed by atoms with Crippen LogP contribution in [-0.2, 0) is 0 Å². The second-order valence-corrected chi connectivity index (χ2v) is 11.8. The fourth-order valence-corrected chi connectivity index (χ4v) is 3.84. The third-order valence-electron chi connectivity index (χ3n) is 5.27. The first-order valence-corrected chi connectivity index (χ1v) is 13.4.